The van der Waals surface area contributed by atoms with Gasteiger partial charge in [0.15, 0.2) is 11.5 Å². The van der Waals surface area contributed by atoms with Gasteiger partial charge in [0.25, 0.3) is 5.91 Å². The number of rotatable bonds is 6. The Morgan fingerprint density at radius 3 is 2.47 bits per heavy atom. The third-order valence-electron chi connectivity index (χ3n) is 5.64. The van der Waals surface area contributed by atoms with Crippen LogP contribution < -0.4 is 14.8 Å². The minimum absolute atomic E-state index is 0.0832. The Bertz CT molecular complexity index is 925. The fraction of sp³-hybridized carbons (Fsp3) is 0.391. The first-order valence-electron chi connectivity index (χ1n) is 10.1. The SMILES string of the molecule is COc1cc(C(=O)N2CCOCC2)cc(NC(=O)[C@@H]2C[C@H]2c2ccccc2)c1OC. The third-order valence-corrected chi connectivity index (χ3v) is 5.64. The molecule has 4 rings (SSSR count). The maximum Gasteiger partial charge on any atom is 0.254 e. The van der Waals surface area contributed by atoms with E-state index in [1.807, 2.05) is 30.3 Å². The molecule has 30 heavy (non-hydrogen) atoms. The average Bonchev–Trinajstić information content (AvgIpc) is 3.60. The molecule has 2 amide bonds. The van der Waals surface area contributed by atoms with Crippen LogP contribution in [0.1, 0.15) is 28.3 Å². The second-order valence-electron chi connectivity index (χ2n) is 7.51. The van der Waals surface area contributed by atoms with E-state index in [2.05, 4.69) is 5.32 Å². The van der Waals surface area contributed by atoms with Gasteiger partial charge in [-0.25, -0.2) is 0 Å². The minimum Gasteiger partial charge on any atom is -0.493 e. The summed E-state index contributed by atoms with van der Waals surface area (Å²) < 4.78 is 16.2. The van der Waals surface area contributed by atoms with Gasteiger partial charge in [-0.05, 0) is 30.0 Å². The molecule has 1 saturated carbocycles. The molecular weight excluding hydrogens is 384 g/mol. The van der Waals surface area contributed by atoms with Crippen molar-refractivity contribution in [2.24, 2.45) is 5.92 Å². The lowest BCUT2D eigenvalue weighted by Crippen LogP contribution is -2.40. The van der Waals surface area contributed by atoms with Gasteiger partial charge in [0.05, 0.1) is 33.1 Å². The van der Waals surface area contributed by atoms with Crippen LogP contribution in [0, 0.1) is 5.92 Å². The quantitative estimate of drug-likeness (QED) is 0.792. The zero-order chi connectivity index (χ0) is 21.1. The molecule has 2 aromatic rings. The van der Waals surface area contributed by atoms with Crippen molar-refractivity contribution in [3.8, 4) is 11.5 Å². The van der Waals surface area contributed by atoms with Gasteiger partial charge in [0.2, 0.25) is 5.91 Å². The standard InChI is InChI=1S/C23H26N2O5/c1-28-20-13-16(23(27)25-8-10-30-11-9-25)12-19(21(20)29-2)24-22(26)18-14-17(18)15-6-4-3-5-7-15/h3-7,12-13,17-18H,8-11,14H2,1-2H3,(H,24,26)/t17-,18+/m0/s1. The summed E-state index contributed by atoms with van der Waals surface area (Å²) in [5.41, 5.74) is 2.05. The van der Waals surface area contributed by atoms with Crippen molar-refractivity contribution in [1.82, 2.24) is 4.90 Å². The zero-order valence-electron chi connectivity index (χ0n) is 17.2. The van der Waals surface area contributed by atoms with Crippen LogP contribution in [0.5, 0.6) is 11.5 Å². The molecule has 1 aliphatic heterocycles. The van der Waals surface area contributed by atoms with Crippen LogP contribution >= 0.6 is 0 Å². The Hall–Kier alpha value is -3.06. The first kappa shape index (κ1) is 20.2. The molecule has 0 spiro atoms. The van der Waals surface area contributed by atoms with Crippen LogP contribution in [0.2, 0.25) is 0 Å². The highest BCUT2D eigenvalue weighted by atomic mass is 16.5. The number of anilines is 1. The van der Waals surface area contributed by atoms with E-state index in [4.69, 9.17) is 14.2 Å². The van der Waals surface area contributed by atoms with Crippen molar-refractivity contribution >= 4 is 17.5 Å². The molecule has 1 heterocycles. The topological polar surface area (TPSA) is 77.1 Å². The number of benzene rings is 2. The number of hydrogen-bond donors (Lipinski definition) is 1. The van der Waals surface area contributed by atoms with Crippen molar-refractivity contribution < 1.29 is 23.8 Å². The Kier molecular flexibility index (Phi) is 5.90. The largest absolute Gasteiger partial charge is 0.493 e. The fourth-order valence-corrected chi connectivity index (χ4v) is 3.91. The normalized spacial score (nSPS) is 20.4. The van der Waals surface area contributed by atoms with Crippen molar-refractivity contribution in [3.63, 3.8) is 0 Å². The van der Waals surface area contributed by atoms with E-state index in [0.717, 1.165) is 6.42 Å². The highest BCUT2D eigenvalue weighted by Gasteiger charge is 2.44. The second-order valence-corrected chi connectivity index (χ2v) is 7.51. The van der Waals surface area contributed by atoms with Crippen LogP contribution in [-0.2, 0) is 9.53 Å². The molecule has 0 radical (unpaired) electrons. The van der Waals surface area contributed by atoms with Crippen LogP contribution in [0.15, 0.2) is 42.5 Å². The van der Waals surface area contributed by atoms with E-state index >= 15 is 0 Å². The Morgan fingerprint density at radius 2 is 1.80 bits per heavy atom. The van der Waals surface area contributed by atoms with E-state index in [1.54, 1.807) is 17.0 Å². The monoisotopic (exact) mass is 410 g/mol. The highest BCUT2D eigenvalue weighted by molar-refractivity contribution is 6.01. The van der Waals surface area contributed by atoms with Gasteiger partial charge < -0.3 is 24.4 Å². The van der Waals surface area contributed by atoms with E-state index in [0.29, 0.717) is 49.1 Å². The zero-order valence-corrected chi connectivity index (χ0v) is 17.2. The molecule has 0 bridgehead atoms. The van der Waals surface area contributed by atoms with E-state index in [-0.39, 0.29) is 23.7 Å². The van der Waals surface area contributed by atoms with Crippen LogP contribution in [0.3, 0.4) is 0 Å². The molecule has 2 aliphatic rings. The number of morpholine rings is 1. The van der Waals surface area contributed by atoms with Crippen LogP contribution in [0.4, 0.5) is 5.69 Å². The summed E-state index contributed by atoms with van der Waals surface area (Å²) >= 11 is 0. The number of amides is 2. The highest BCUT2D eigenvalue weighted by Crippen LogP contribution is 2.48. The fourth-order valence-electron chi connectivity index (χ4n) is 3.91. The Morgan fingerprint density at radius 1 is 1.07 bits per heavy atom. The van der Waals surface area contributed by atoms with E-state index in [9.17, 15) is 9.59 Å². The Balaban J connectivity index is 1.55. The molecule has 7 heteroatoms. The molecule has 1 saturated heterocycles. The maximum absolute atomic E-state index is 13.0. The summed E-state index contributed by atoms with van der Waals surface area (Å²) in [6, 6.07) is 13.3. The number of hydrogen-bond acceptors (Lipinski definition) is 5. The van der Waals surface area contributed by atoms with Gasteiger partial charge >= 0.3 is 0 Å². The predicted molar refractivity (Wildman–Crippen MR) is 112 cm³/mol. The van der Waals surface area contributed by atoms with Crippen LogP contribution in [-0.4, -0.2) is 57.2 Å². The number of nitrogens with one attached hydrogen (secondary N) is 1. The predicted octanol–water partition coefficient (Wildman–Crippen LogP) is 2.92. The lowest BCUT2D eigenvalue weighted by molar-refractivity contribution is -0.117. The summed E-state index contributed by atoms with van der Waals surface area (Å²) in [6.45, 7) is 2.11. The number of ether oxygens (including phenoxy) is 3. The molecule has 2 aromatic carbocycles. The van der Waals surface area contributed by atoms with Crippen molar-refractivity contribution in [2.75, 3.05) is 45.8 Å². The molecule has 2 atom stereocenters. The molecule has 0 unspecified atom stereocenters. The number of nitrogens with zero attached hydrogens (tertiary/aromatic N) is 1. The first-order valence-corrected chi connectivity index (χ1v) is 10.1. The first-order chi connectivity index (χ1) is 14.6. The van der Waals surface area contributed by atoms with Crippen molar-refractivity contribution in [1.29, 1.82) is 0 Å². The van der Waals surface area contributed by atoms with Gasteiger partial charge in [-0.1, -0.05) is 30.3 Å². The number of carbonyl (C=O) groups excluding carboxylic acids is 2. The lowest BCUT2D eigenvalue weighted by atomic mass is 10.1. The van der Waals surface area contributed by atoms with Gasteiger partial charge in [0, 0.05) is 24.6 Å². The summed E-state index contributed by atoms with van der Waals surface area (Å²) in [5, 5.41) is 2.96. The van der Waals surface area contributed by atoms with E-state index < -0.39 is 0 Å². The molecule has 1 N–H and O–H groups in total. The molecule has 7 nitrogen and oxygen atoms in total. The molecular formula is C23H26N2O5. The molecule has 1 aliphatic carbocycles. The van der Waals surface area contributed by atoms with Gasteiger partial charge in [-0.2, -0.15) is 0 Å². The van der Waals surface area contributed by atoms with Gasteiger partial charge in [-0.15, -0.1) is 0 Å². The Labute approximate surface area is 175 Å². The summed E-state index contributed by atoms with van der Waals surface area (Å²) in [5.74, 6) is 0.728. The summed E-state index contributed by atoms with van der Waals surface area (Å²) in [6.07, 6.45) is 0.807. The molecule has 158 valence electrons. The van der Waals surface area contributed by atoms with Gasteiger partial charge in [-0.3, -0.25) is 9.59 Å². The van der Waals surface area contributed by atoms with Crippen molar-refractivity contribution in [3.05, 3.63) is 53.6 Å². The minimum atomic E-state index is -0.122. The maximum atomic E-state index is 13.0. The smallest absolute Gasteiger partial charge is 0.254 e. The second kappa shape index (κ2) is 8.75. The molecule has 2 fully saturated rings. The average molecular weight is 410 g/mol. The van der Waals surface area contributed by atoms with Crippen LogP contribution in [0.25, 0.3) is 0 Å². The van der Waals surface area contributed by atoms with Gasteiger partial charge in [0.1, 0.15) is 0 Å². The number of carbonyl (C=O) groups is 2. The van der Waals surface area contributed by atoms with Crippen molar-refractivity contribution in [2.45, 2.75) is 12.3 Å². The number of methoxy groups -OCH3 is 2. The molecule has 0 aromatic heterocycles. The lowest BCUT2D eigenvalue weighted by Gasteiger charge is -2.27. The van der Waals surface area contributed by atoms with E-state index in [1.165, 1.54) is 19.8 Å². The third kappa shape index (κ3) is 4.11. The summed E-state index contributed by atoms with van der Waals surface area (Å²) in [7, 11) is 3.03. The summed E-state index contributed by atoms with van der Waals surface area (Å²) in [4.78, 5) is 27.6.